The van der Waals surface area contributed by atoms with Gasteiger partial charge in [-0.25, -0.2) is 0 Å². The van der Waals surface area contributed by atoms with Crippen molar-refractivity contribution in [1.82, 2.24) is 0 Å². The lowest BCUT2D eigenvalue weighted by Gasteiger charge is -2.28. The van der Waals surface area contributed by atoms with Crippen LogP contribution < -0.4 is 5.32 Å². The van der Waals surface area contributed by atoms with E-state index >= 15 is 0 Å². The van der Waals surface area contributed by atoms with Crippen molar-refractivity contribution >= 4 is 5.69 Å². The van der Waals surface area contributed by atoms with Crippen LogP contribution >= 0.6 is 0 Å². The highest BCUT2D eigenvalue weighted by Gasteiger charge is 2.35. The van der Waals surface area contributed by atoms with Crippen molar-refractivity contribution in [3.05, 3.63) is 29.3 Å². The van der Waals surface area contributed by atoms with Gasteiger partial charge in [-0.1, -0.05) is 19.1 Å². The first-order chi connectivity index (χ1) is 7.54. The van der Waals surface area contributed by atoms with Crippen LogP contribution in [0.1, 0.15) is 36.8 Å². The highest BCUT2D eigenvalue weighted by atomic mass is 19.4. The van der Waals surface area contributed by atoms with Crippen molar-refractivity contribution in [3.8, 4) is 0 Å². The smallest absolute Gasteiger partial charge is 0.384 e. The Balaban J connectivity index is 2.51. The zero-order valence-corrected chi connectivity index (χ0v) is 9.06. The van der Waals surface area contributed by atoms with Crippen molar-refractivity contribution in [3.63, 3.8) is 0 Å². The molecular formula is C12H14F3N. The van der Waals surface area contributed by atoms with Gasteiger partial charge in [-0.2, -0.15) is 13.2 Å². The van der Waals surface area contributed by atoms with Gasteiger partial charge in [-0.15, -0.1) is 0 Å². The first-order valence-electron chi connectivity index (χ1n) is 5.48. The molecule has 0 bridgehead atoms. The van der Waals surface area contributed by atoms with E-state index in [-0.39, 0.29) is 11.6 Å². The predicted molar refractivity (Wildman–Crippen MR) is 57.6 cm³/mol. The van der Waals surface area contributed by atoms with E-state index in [2.05, 4.69) is 5.32 Å². The molecule has 88 valence electrons. The number of hydrogen-bond donors (Lipinski definition) is 1. The molecular weight excluding hydrogens is 215 g/mol. The highest BCUT2D eigenvalue weighted by molar-refractivity contribution is 5.61. The molecule has 1 aromatic carbocycles. The second-order valence-electron chi connectivity index (χ2n) is 4.09. The van der Waals surface area contributed by atoms with Crippen LogP contribution in [0.15, 0.2) is 18.2 Å². The lowest BCUT2D eigenvalue weighted by molar-refractivity contribution is -0.137. The SMILES string of the molecule is CCC1CCNc2c1cccc2C(F)(F)F. The van der Waals surface area contributed by atoms with Crippen molar-refractivity contribution in [2.45, 2.75) is 31.9 Å². The number of hydrogen-bond acceptors (Lipinski definition) is 1. The summed E-state index contributed by atoms with van der Waals surface area (Å²) < 4.78 is 38.3. The Kier molecular flexibility index (Phi) is 2.82. The van der Waals surface area contributed by atoms with Crippen LogP contribution in [0.25, 0.3) is 0 Å². The topological polar surface area (TPSA) is 12.0 Å². The quantitative estimate of drug-likeness (QED) is 0.767. The number of para-hydroxylation sites is 1. The molecule has 0 fully saturated rings. The normalized spacial score (nSPS) is 20.1. The molecule has 0 spiro atoms. The summed E-state index contributed by atoms with van der Waals surface area (Å²) in [5.41, 5.74) is 0.555. The summed E-state index contributed by atoms with van der Waals surface area (Å²) >= 11 is 0. The van der Waals surface area contributed by atoms with Crippen LogP contribution in [-0.4, -0.2) is 6.54 Å². The minimum absolute atomic E-state index is 0.249. The van der Waals surface area contributed by atoms with Crippen molar-refractivity contribution < 1.29 is 13.2 Å². The second-order valence-corrected chi connectivity index (χ2v) is 4.09. The Morgan fingerprint density at radius 2 is 2.12 bits per heavy atom. The molecule has 16 heavy (non-hydrogen) atoms. The number of benzene rings is 1. The molecule has 1 aromatic rings. The van der Waals surface area contributed by atoms with E-state index in [1.807, 2.05) is 6.92 Å². The van der Waals surface area contributed by atoms with Crippen molar-refractivity contribution in [2.24, 2.45) is 0 Å². The Labute approximate surface area is 92.7 Å². The monoisotopic (exact) mass is 229 g/mol. The summed E-state index contributed by atoms with van der Waals surface area (Å²) in [5.74, 6) is 0.249. The van der Waals surface area contributed by atoms with Crippen molar-refractivity contribution in [2.75, 3.05) is 11.9 Å². The summed E-state index contributed by atoms with van der Waals surface area (Å²) in [6.45, 7) is 2.64. The van der Waals surface area contributed by atoms with E-state index in [0.717, 1.165) is 24.5 Å². The lowest BCUT2D eigenvalue weighted by Crippen LogP contribution is -2.20. The van der Waals surface area contributed by atoms with Gasteiger partial charge in [0.2, 0.25) is 0 Å². The third kappa shape index (κ3) is 1.88. The van der Waals surface area contributed by atoms with E-state index in [0.29, 0.717) is 6.54 Å². The summed E-state index contributed by atoms with van der Waals surface area (Å²) in [6, 6.07) is 4.44. The first-order valence-corrected chi connectivity index (χ1v) is 5.48. The molecule has 2 rings (SSSR count). The fourth-order valence-corrected chi connectivity index (χ4v) is 2.29. The molecule has 0 aliphatic carbocycles. The van der Waals surface area contributed by atoms with Crippen LogP contribution in [0.3, 0.4) is 0 Å². The van der Waals surface area contributed by atoms with Crippen LogP contribution in [0, 0.1) is 0 Å². The molecule has 1 aliphatic heterocycles. The van der Waals surface area contributed by atoms with E-state index in [4.69, 9.17) is 0 Å². The van der Waals surface area contributed by atoms with Crippen LogP contribution in [0.5, 0.6) is 0 Å². The Bertz CT molecular complexity index is 384. The summed E-state index contributed by atoms with van der Waals surface area (Å²) in [4.78, 5) is 0. The minimum atomic E-state index is -4.27. The number of nitrogens with one attached hydrogen (secondary N) is 1. The van der Waals surface area contributed by atoms with E-state index < -0.39 is 11.7 Å². The molecule has 1 N–H and O–H groups in total. The van der Waals surface area contributed by atoms with Gasteiger partial charge in [0.15, 0.2) is 0 Å². The Morgan fingerprint density at radius 1 is 1.38 bits per heavy atom. The van der Waals surface area contributed by atoms with Crippen LogP contribution in [-0.2, 0) is 6.18 Å². The fourth-order valence-electron chi connectivity index (χ4n) is 2.29. The van der Waals surface area contributed by atoms with Gasteiger partial charge in [0.1, 0.15) is 0 Å². The molecule has 0 saturated heterocycles. The summed E-state index contributed by atoms with van der Waals surface area (Å²) in [7, 11) is 0. The average Bonchev–Trinajstić information content (AvgIpc) is 2.26. The number of anilines is 1. The molecule has 4 heteroatoms. The molecule has 0 radical (unpaired) electrons. The van der Waals surface area contributed by atoms with Gasteiger partial charge in [-0.05, 0) is 30.4 Å². The van der Waals surface area contributed by atoms with Gasteiger partial charge in [-0.3, -0.25) is 0 Å². The van der Waals surface area contributed by atoms with E-state index in [1.165, 1.54) is 6.07 Å². The maximum atomic E-state index is 12.8. The number of halogens is 3. The zero-order chi connectivity index (χ0) is 11.8. The van der Waals surface area contributed by atoms with Crippen molar-refractivity contribution in [1.29, 1.82) is 0 Å². The molecule has 0 aromatic heterocycles. The predicted octanol–water partition coefficient (Wildman–Crippen LogP) is 4.01. The molecule has 1 aliphatic rings. The fraction of sp³-hybridized carbons (Fsp3) is 0.500. The van der Waals surface area contributed by atoms with Gasteiger partial charge in [0, 0.05) is 12.2 Å². The zero-order valence-electron chi connectivity index (χ0n) is 9.06. The molecule has 0 amide bonds. The standard InChI is InChI=1S/C12H14F3N/c1-2-8-6-7-16-11-9(8)4-3-5-10(11)12(13,14)15/h3-5,8,16H,2,6-7H2,1H3. The number of alkyl halides is 3. The highest BCUT2D eigenvalue weighted by Crippen LogP contribution is 2.42. The number of rotatable bonds is 1. The largest absolute Gasteiger partial charge is 0.418 e. The molecule has 1 nitrogen and oxygen atoms in total. The Hall–Kier alpha value is -1.19. The summed E-state index contributed by atoms with van der Waals surface area (Å²) in [6.07, 6.45) is -2.48. The van der Waals surface area contributed by atoms with Gasteiger partial charge in [0.05, 0.1) is 5.56 Å². The Morgan fingerprint density at radius 3 is 2.75 bits per heavy atom. The minimum Gasteiger partial charge on any atom is -0.384 e. The van der Waals surface area contributed by atoms with Gasteiger partial charge in [0.25, 0.3) is 0 Å². The maximum absolute atomic E-state index is 12.8. The average molecular weight is 229 g/mol. The molecule has 0 saturated carbocycles. The summed E-state index contributed by atoms with van der Waals surface area (Å²) in [5, 5.41) is 2.88. The molecule has 1 unspecified atom stereocenters. The van der Waals surface area contributed by atoms with Gasteiger partial charge >= 0.3 is 6.18 Å². The first kappa shape index (κ1) is 11.3. The molecule has 1 heterocycles. The van der Waals surface area contributed by atoms with E-state index in [9.17, 15) is 13.2 Å². The third-order valence-corrected chi connectivity index (χ3v) is 3.13. The third-order valence-electron chi connectivity index (χ3n) is 3.13. The van der Waals surface area contributed by atoms with Crippen LogP contribution in [0.4, 0.5) is 18.9 Å². The van der Waals surface area contributed by atoms with Crippen LogP contribution in [0.2, 0.25) is 0 Å². The lowest BCUT2D eigenvalue weighted by atomic mass is 9.87. The maximum Gasteiger partial charge on any atom is 0.418 e. The number of fused-ring (bicyclic) bond motifs is 1. The van der Waals surface area contributed by atoms with E-state index in [1.54, 1.807) is 6.07 Å². The molecule has 1 atom stereocenters. The second kappa shape index (κ2) is 4.00. The van der Waals surface area contributed by atoms with Gasteiger partial charge < -0.3 is 5.32 Å².